The Morgan fingerprint density at radius 1 is 1.03 bits per heavy atom. The topological polar surface area (TPSA) is 81.4 Å². The highest BCUT2D eigenvalue weighted by Crippen LogP contribution is 2.21. The van der Waals surface area contributed by atoms with E-state index >= 15 is 0 Å². The van der Waals surface area contributed by atoms with Gasteiger partial charge in [0.2, 0.25) is 11.1 Å². The highest BCUT2D eigenvalue weighted by atomic mass is 32.2. The molecule has 1 amide bonds. The van der Waals surface area contributed by atoms with Gasteiger partial charge in [-0.05, 0) is 18.2 Å². The number of carbonyl (C=O) groups excluding carboxylic acids is 1. The van der Waals surface area contributed by atoms with Crippen LogP contribution in [-0.2, 0) is 11.3 Å². The van der Waals surface area contributed by atoms with Crippen LogP contribution in [0.2, 0.25) is 0 Å². The molecule has 29 heavy (non-hydrogen) atoms. The minimum absolute atomic E-state index is 0.100. The van der Waals surface area contributed by atoms with Gasteiger partial charge in [-0.15, -0.1) is 10.2 Å². The van der Waals surface area contributed by atoms with Crippen molar-refractivity contribution in [1.29, 1.82) is 0 Å². The van der Waals surface area contributed by atoms with Crippen molar-refractivity contribution in [2.24, 2.45) is 0 Å². The maximum atomic E-state index is 12.3. The molecule has 0 fully saturated rings. The molecule has 2 aromatic heterocycles. The predicted octanol–water partition coefficient (Wildman–Crippen LogP) is 3.21. The number of benzene rings is 2. The average molecular weight is 405 g/mol. The van der Waals surface area contributed by atoms with Crippen molar-refractivity contribution in [2.45, 2.75) is 11.7 Å². The first kappa shape index (κ1) is 18.9. The summed E-state index contributed by atoms with van der Waals surface area (Å²) in [6, 6.07) is 21.3. The third-order valence-corrected chi connectivity index (χ3v) is 5.22. The predicted molar refractivity (Wildman–Crippen MR) is 112 cm³/mol. The number of nitrogens with zero attached hydrogens (tertiary/aromatic N) is 4. The van der Waals surface area contributed by atoms with Crippen molar-refractivity contribution in [2.75, 3.05) is 12.9 Å². The number of hydrogen-bond donors (Lipinski definition) is 1. The lowest BCUT2D eigenvalue weighted by atomic mass is 10.1. The second-order valence-electron chi connectivity index (χ2n) is 6.21. The number of rotatable bonds is 7. The molecule has 0 atom stereocenters. The Kier molecular flexibility index (Phi) is 5.71. The van der Waals surface area contributed by atoms with E-state index in [0.29, 0.717) is 17.3 Å². The molecule has 8 heteroatoms. The third kappa shape index (κ3) is 4.38. The van der Waals surface area contributed by atoms with E-state index in [2.05, 4.69) is 20.6 Å². The summed E-state index contributed by atoms with van der Waals surface area (Å²) in [5.74, 6) is 0.867. The Morgan fingerprint density at radius 3 is 2.66 bits per heavy atom. The van der Waals surface area contributed by atoms with E-state index in [1.807, 2.05) is 66.7 Å². The molecule has 0 unspecified atom stereocenters. The second kappa shape index (κ2) is 8.74. The van der Waals surface area contributed by atoms with Gasteiger partial charge in [0.25, 0.3) is 0 Å². The van der Waals surface area contributed by atoms with Crippen molar-refractivity contribution in [3.8, 4) is 17.0 Å². The average Bonchev–Trinajstić information content (AvgIpc) is 3.19. The molecule has 1 N–H and O–H groups in total. The van der Waals surface area contributed by atoms with Crippen LogP contribution in [0.25, 0.3) is 16.9 Å². The summed E-state index contributed by atoms with van der Waals surface area (Å²) < 4.78 is 6.97. The zero-order chi connectivity index (χ0) is 20.1. The number of thioether (sulfide) groups is 1. The maximum absolute atomic E-state index is 12.3. The van der Waals surface area contributed by atoms with Crippen LogP contribution in [0.5, 0.6) is 5.75 Å². The van der Waals surface area contributed by atoms with Gasteiger partial charge in [0.15, 0.2) is 5.65 Å². The fraction of sp³-hybridized carbons (Fsp3) is 0.143. The molecular formula is C21H19N5O2S. The molecule has 4 aromatic rings. The van der Waals surface area contributed by atoms with Gasteiger partial charge in [0.05, 0.1) is 18.6 Å². The number of fused-ring (bicyclic) bond motifs is 1. The van der Waals surface area contributed by atoms with Gasteiger partial charge in [0, 0.05) is 17.7 Å². The van der Waals surface area contributed by atoms with Gasteiger partial charge >= 0.3 is 0 Å². The van der Waals surface area contributed by atoms with Crippen molar-refractivity contribution in [3.63, 3.8) is 0 Å². The molecule has 2 aromatic carbocycles. The van der Waals surface area contributed by atoms with Crippen LogP contribution in [0.15, 0.2) is 71.9 Å². The van der Waals surface area contributed by atoms with E-state index in [1.165, 1.54) is 11.8 Å². The van der Waals surface area contributed by atoms with Gasteiger partial charge in [-0.25, -0.2) is 0 Å². The Hall–Kier alpha value is -3.39. The first-order valence-corrected chi connectivity index (χ1v) is 10.0. The molecule has 0 radical (unpaired) electrons. The number of amides is 1. The van der Waals surface area contributed by atoms with Gasteiger partial charge in [-0.3, -0.25) is 4.79 Å². The van der Waals surface area contributed by atoms with Crippen LogP contribution in [0, 0.1) is 0 Å². The number of hydrogen-bond acceptors (Lipinski definition) is 6. The van der Waals surface area contributed by atoms with Crippen LogP contribution < -0.4 is 10.1 Å². The summed E-state index contributed by atoms with van der Waals surface area (Å²) in [4.78, 5) is 12.3. The monoisotopic (exact) mass is 405 g/mol. The van der Waals surface area contributed by atoms with Gasteiger partial charge in [-0.1, -0.05) is 60.3 Å². The summed E-state index contributed by atoms with van der Waals surface area (Å²) in [5.41, 5.74) is 3.39. The molecule has 7 nitrogen and oxygen atoms in total. The molecule has 0 saturated carbocycles. The summed E-state index contributed by atoms with van der Waals surface area (Å²) in [7, 11) is 1.61. The van der Waals surface area contributed by atoms with E-state index in [0.717, 1.165) is 22.6 Å². The van der Waals surface area contributed by atoms with E-state index in [4.69, 9.17) is 4.74 Å². The number of carbonyl (C=O) groups is 1. The normalized spacial score (nSPS) is 10.8. The Morgan fingerprint density at radius 2 is 1.83 bits per heavy atom. The van der Waals surface area contributed by atoms with Crippen molar-refractivity contribution >= 4 is 23.3 Å². The Bertz CT molecular complexity index is 1130. The van der Waals surface area contributed by atoms with E-state index in [1.54, 1.807) is 11.6 Å². The van der Waals surface area contributed by atoms with Crippen LogP contribution >= 0.6 is 11.8 Å². The zero-order valence-corrected chi connectivity index (χ0v) is 16.6. The van der Waals surface area contributed by atoms with E-state index in [-0.39, 0.29) is 11.7 Å². The second-order valence-corrected chi connectivity index (χ2v) is 7.16. The molecule has 0 bridgehead atoms. The summed E-state index contributed by atoms with van der Waals surface area (Å²) >= 11 is 1.30. The lowest BCUT2D eigenvalue weighted by molar-refractivity contribution is -0.118. The molecular weight excluding hydrogens is 386 g/mol. The van der Waals surface area contributed by atoms with E-state index < -0.39 is 0 Å². The zero-order valence-electron chi connectivity index (χ0n) is 15.8. The molecule has 0 aliphatic carbocycles. The quantitative estimate of drug-likeness (QED) is 0.476. The van der Waals surface area contributed by atoms with Crippen LogP contribution in [0.4, 0.5) is 0 Å². The minimum atomic E-state index is -0.100. The highest BCUT2D eigenvalue weighted by molar-refractivity contribution is 7.99. The van der Waals surface area contributed by atoms with Crippen LogP contribution in [0.1, 0.15) is 5.56 Å². The summed E-state index contributed by atoms with van der Waals surface area (Å²) in [5, 5.41) is 16.4. The van der Waals surface area contributed by atoms with Crippen molar-refractivity contribution < 1.29 is 9.53 Å². The van der Waals surface area contributed by atoms with Gasteiger partial charge in [-0.2, -0.15) is 9.61 Å². The van der Waals surface area contributed by atoms with Crippen molar-refractivity contribution in [3.05, 3.63) is 72.3 Å². The molecule has 4 rings (SSSR count). The standard InChI is InChI=1S/C21H19N5O2S/c1-28-18-10-6-5-9-16(18)13-22-20(27)14-29-21-24-23-19-12-11-17(25-26(19)21)15-7-3-2-4-8-15/h2-12H,13-14H2,1H3,(H,22,27). The first-order chi connectivity index (χ1) is 14.2. The van der Waals surface area contributed by atoms with Gasteiger partial charge < -0.3 is 10.1 Å². The maximum Gasteiger partial charge on any atom is 0.230 e. The highest BCUT2D eigenvalue weighted by Gasteiger charge is 2.12. The lowest BCUT2D eigenvalue weighted by Gasteiger charge is -2.09. The van der Waals surface area contributed by atoms with Crippen LogP contribution in [-0.4, -0.2) is 38.6 Å². The summed E-state index contributed by atoms with van der Waals surface area (Å²) in [6.45, 7) is 0.403. The molecule has 0 saturated heterocycles. The van der Waals surface area contributed by atoms with Crippen LogP contribution in [0.3, 0.4) is 0 Å². The fourth-order valence-corrected chi connectivity index (χ4v) is 3.56. The fourth-order valence-electron chi connectivity index (χ4n) is 2.85. The molecule has 0 aliphatic heterocycles. The number of nitrogens with one attached hydrogen (secondary N) is 1. The molecule has 2 heterocycles. The molecule has 146 valence electrons. The largest absolute Gasteiger partial charge is 0.496 e. The number of para-hydroxylation sites is 1. The Balaban J connectivity index is 1.42. The number of aromatic nitrogens is 4. The smallest absolute Gasteiger partial charge is 0.230 e. The lowest BCUT2D eigenvalue weighted by Crippen LogP contribution is -2.24. The van der Waals surface area contributed by atoms with Crippen molar-refractivity contribution in [1.82, 2.24) is 25.1 Å². The number of ether oxygens (including phenoxy) is 1. The SMILES string of the molecule is COc1ccccc1CNC(=O)CSc1nnc2ccc(-c3ccccc3)nn12. The third-order valence-electron chi connectivity index (χ3n) is 4.30. The number of methoxy groups -OCH3 is 1. The van der Waals surface area contributed by atoms with Gasteiger partial charge in [0.1, 0.15) is 5.75 Å². The van der Waals surface area contributed by atoms with E-state index in [9.17, 15) is 4.79 Å². The summed E-state index contributed by atoms with van der Waals surface area (Å²) in [6.07, 6.45) is 0. The first-order valence-electron chi connectivity index (χ1n) is 9.04. The molecule has 0 spiro atoms. The Labute approximate surface area is 172 Å². The molecule has 0 aliphatic rings. The minimum Gasteiger partial charge on any atom is -0.496 e.